The Morgan fingerprint density at radius 3 is 2.80 bits per heavy atom. The van der Waals surface area contributed by atoms with E-state index >= 15 is 0 Å². The van der Waals surface area contributed by atoms with Crippen molar-refractivity contribution in [3.05, 3.63) is 34.0 Å². The molecule has 0 aromatic heterocycles. The molecule has 2 bridgehead atoms. The van der Waals surface area contributed by atoms with Gasteiger partial charge in [0, 0.05) is 17.6 Å². The summed E-state index contributed by atoms with van der Waals surface area (Å²) in [6.45, 7) is 4.63. The number of hydrogen-bond acceptors (Lipinski definition) is 8. The van der Waals surface area contributed by atoms with Gasteiger partial charge in [-0.2, -0.15) is 0 Å². The molecule has 4 aliphatic rings. The number of carbonyl (C=O) groups is 1. The first-order chi connectivity index (χ1) is 16.9. The number of esters is 1. The summed E-state index contributed by atoms with van der Waals surface area (Å²) in [5.41, 5.74) is 0.930. The van der Waals surface area contributed by atoms with Crippen LogP contribution in [0.5, 0.6) is 5.75 Å². The molecule has 35 heavy (non-hydrogen) atoms. The van der Waals surface area contributed by atoms with E-state index in [4.69, 9.17) is 22.0 Å². The quantitative estimate of drug-likeness (QED) is 0.205. The topological polar surface area (TPSA) is 78.5 Å². The third-order valence-corrected chi connectivity index (χ3v) is 9.78. The number of carbonyl (C=O) groups excluding carboxylic acids is 1. The lowest BCUT2D eigenvalue weighted by molar-refractivity contribution is -0.163. The van der Waals surface area contributed by atoms with Crippen molar-refractivity contribution in [3.8, 4) is 5.75 Å². The van der Waals surface area contributed by atoms with Crippen LogP contribution in [0.15, 0.2) is 28.4 Å². The van der Waals surface area contributed by atoms with Crippen molar-refractivity contribution in [2.45, 2.75) is 43.6 Å². The van der Waals surface area contributed by atoms with Crippen LogP contribution >= 0.6 is 38.9 Å². The smallest absolute Gasteiger partial charge is 0.337 e. The summed E-state index contributed by atoms with van der Waals surface area (Å²) in [5.74, 6) is 1.05. The third kappa shape index (κ3) is 3.65. The highest BCUT2D eigenvalue weighted by atomic mass is 127. The summed E-state index contributed by atoms with van der Waals surface area (Å²) in [4.78, 5) is 15.4. The molecule has 0 amide bonds. The first-order valence-corrected chi connectivity index (χ1v) is 13.7. The van der Waals surface area contributed by atoms with Gasteiger partial charge in [0.25, 0.3) is 0 Å². The van der Waals surface area contributed by atoms with Gasteiger partial charge in [-0.15, -0.1) is 0 Å². The van der Waals surface area contributed by atoms with Crippen molar-refractivity contribution >= 4 is 50.6 Å². The number of halogens is 2. The molecule has 4 aliphatic heterocycles. The zero-order chi connectivity index (χ0) is 25.0. The zero-order valence-corrected chi connectivity index (χ0v) is 24.2. The Morgan fingerprint density at radius 2 is 2.14 bits per heavy atom. The number of nitrogens with zero attached hydrogens (tertiary/aromatic N) is 1. The largest absolute Gasteiger partial charge is 0.504 e. The van der Waals surface area contributed by atoms with Crippen molar-refractivity contribution in [2.24, 2.45) is 17.8 Å². The number of anilines is 1. The second-order valence-corrected chi connectivity index (χ2v) is 11.2. The number of fused-ring (bicyclic) bond motifs is 4. The Hall–Kier alpha value is -1.08. The van der Waals surface area contributed by atoms with Gasteiger partial charge in [0.05, 0.1) is 57.1 Å². The second-order valence-electron chi connectivity index (χ2n) is 9.93. The van der Waals surface area contributed by atoms with E-state index in [1.165, 1.54) is 7.11 Å². The van der Waals surface area contributed by atoms with Crippen LogP contribution in [0.3, 0.4) is 0 Å². The maximum absolute atomic E-state index is 12.8. The van der Waals surface area contributed by atoms with E-state index in [0.717, 1.165) is 47.4 Å². The highest BCUT2D eigenvalue weighted by molar-refractivity contribution is 14.1. The molecule has 6 atom stereocenters. The normalized spacial score (nSPS) is 35.9. The minimum Gasteiger partial charge on any atom is -0.504 e. The van der Waals surface area contributed by atoms with Crippen LogP contribution in [0.2, 0.25) is 0 Å². The van der Waals surface area contributed by atoms with Gasteiger partial charge in [0.1, 0.15) is 34.4 Å². The van der Waals surface area contributed by atoms with Crippen molar-refractivity contribution in [1.29, 1.82) is 0 Å². The van der Waals surface area contributed by atoms with E-state index < -0.39 is 11.3 Å². The zero-order valence-electron chi connectivity index (χ0n) is 20.4. The van der Waals surface area contributed by atoms with Gasteiger partial charge in [0.15, 0.2) is 5.72 Å². The summed E-state index contributed by atoms with van der Waals surface area (Å²) < 4.78 is 30.5. The van der Waals surface area contributed by atoms with Gasteiger partial charge in [-0.05, 0) is 58.7 Å². The summed E-state index contributed by atoms with van der Waals surface area (Å²) >= 11 is 5.77. The Balaban J connectivity index is 1.66. The molecule has 3 saturated heterocycles. The molecule has 3 fully saturated rings. The standard InChI is InChI=1S/C25H32BrIN2O6/c1-5-15-11-29-10-14-9-24(34-12-14)21-19(32-3)7-6-18(26)22(21)28-25(24,35-27)20(29)8-16(15)17(13-31-2)23(30)33-4/h6-7,13-16,20,28H,5,8-12H2,1-4H3/b17-13+/t14?,15?,16-,20-,24-,25-/m0/s1. The van der Waals surface area contributed by atoms with Crippen LogP contribution in [0.4, 0.5) is 5.69 Å². The molecule has 8 nitrogen and oxygen atoms in total. The molecule has 0 saturated carbocycles. The van der Waals surface area contributed by atoms with E-state index in [0.29, 0.717) is 24.5 Å². The average Bonchev–Trinajstić information content (AvgIpc) is 3.39. The summed E-state index contributed by atoms with van der Waals surface area (Å²) in [5, 5.41) is 3.78. The monoisotopic (exact) mass is 662 g/mol. The Labute approximate surface area is 228 Å². The fourth-order valence-electron chi connectivity index (χ4n) is 6.96. The van der Waals surface area contributed by atoms with Crippen molar-refractivity contribution in [2.75, 3.05) is 46.3 Å². The number of ether oxygens (including phenoxy) is 4. The molecule has 2 unspecified atom stereocenters. The molecule has 5 rings (SSSR count). The maximum atomic E-state index is 12.8. The van der Waals surface area contributed by atoms with Gasteiger partial charge in [-0.3, -0.25) is 7.97 Å². The minimum atomic E-state index is -0.871. The predicted octanol–water partition coefficient (Wildman–Crippen LogP) is 4.61. The molecular weight excluding hydrogens is 631 g/mol. The fraction of sp³-hybridized carbons (Fsp3) is 0.640. The van der Waals surface area contributed by atoms with E-state index in [-0.39, 0.29) is 23.8 Å². The summed E-state index contributed by atoms with van der Waals surface area (Å²) in [6, 6.07) is 3.91. The molecule has 1 N–H and O–H groups in total. The van der Waals surface area contributed by atoms with E-state index in [2.05, 4.69) is 33.1 Å². The van der Waals surface area contributed by atoms with Crippen LogP contribution in [-0.2, 0) is 27.7 Å². The maximum Gasteiger partial charge on any atom is 0.337 e. The highest BCUT2D eigenvalue weighted by Gasteiger charge is 2.71. The van der Waals surface area contributed by atoms with Gasteiger partial charge in [-0.25, -0.2) is 4.79 Å². The predicted molar refractivity (Wildman–Crippen MR) is 142 cm³/mol. The molecule has 1 spiro atoms. The molecule has 1 aromatic rings. The summed E-state index contributed by atoms with van der Waals surface area (Å²) in [6.07, 6.45) is 4.03. The lowest BCUT2D eigenvalue weighted by Crippen LogP contribution is -2.67. The van der Waals surface area contributed by atoms with E-state index in [1.807, 2.05) is 35.1 Å². The van der Waals surface area contributed by atoms with E-state index in [9.17, 15) is 4.79 Å². The van der Waals surface area contributed by atoms with Gasteiger partial charge >= 0.3 is 5.97 Å². The average molecular weight is 663 g/mol. The number of piperidine rings is 1. The molecule has 4 heterocycles. The van der Waals surface area contributed by atoms with Crippen molar-refractivity contribution in [1.82, 2.24) is 4.90 Å². The number of nitrogens with one attached hydrogen (secondary N) is 1. The Bertz CT molecular complexity index is 1040. The SMILES string of the molecule is CCC1CN2CC3CO[C@@]4(C3)c3c(OC)ccc(Br)c3N[C@]4(OI)[C@@H]2C[C@@H]1/C(=C\OC)C(=O)OC. The lowest BCUT2D eigenvalue weighted by Gasteiger charge is -2.53. The number of hydrogen-bond donors (Lipinski definition) is 1. The van der Waals surface area contributed by atoms with Gasteiger partial charge < -0.3 is 24.3 Å². The minimum absolute atomic E-state index is 0.0402. The number of rotatable bonds is 6. The second kappa shape index (κ2) is 9.66. The van der Waals surface area contributed by atoms with Gasteiger partial charge in [-0.1, -0.05) is 13.3 Å². The Morgan fingerprint density at radius 1 is 1.34 bits per heavy atom. The number of methoxy groups -OCH3 is 3. The van der Waals surface area contributed by atoms with Crippen LogP contribution in [0, 0.1) is 17.8 Å². The summed E-state index contributed by atoms with van der Waals surface area (Å²) in [7, 11) is 4.69. The highest BCUT2D eigenvalue weighted by Crippen LogP contribution is 2.64. The molecular formula is C25H32BrIN2O6. The van der Waals surface area contributed by atoms with Crippen molar-refractivity contribution in [3.63, 3.8) is 0 Å². The third-order valence-electron chi connectivity index (χ3n) is 8.42. The fourth-order valence-corrected chi connectivity index (χ4v) is 8.15. The number of benzene rings is 1. The van der Waals surface area contributed by atoms with E-state index in [1.54, 1.807) is 20.5 Å². The molecule has 192 valence electrons. The molecule has 10 heteroatoms. The molecule has 0 radical (unpaired) electrons. The van der Waals surface area contributed by atoms with Crippen LogP contribution in [0.25, 0.3) is 0 Å². The lowest BCUT2D eigenvalue weighted by atomic mass is 9.71. The first kappa shape index (κ1) is 25.6. The van der Waals surface area contributed by atoms with Gasteiger partial charge in [0.2, 0.25) is 0 Å². The Kier molecular flexibility index (Phi) is 7.06. The molecule has 0 aliphatic carbocycles. The first-order valence-electron chi connectivity index (χ1n) is 12.0. The van der Waals surface area contributed by atoms with Crippen molar-refractivity contribution < 1.29 is 26.8 Å². The van der Waals surface area contributed by atoms with Crippen LogP contribution in [-0.4, -0.2) is 63.7 Å². The van der Waals surface area contributed by atoms with Crippen LogP contribution < -0.4 is 10.1 Å². The molecule has 1 aromatic carbocycles. The van der Waals surface area contributed by atoms with Crippen LogP contribution in [0.1, 0.15) is 31.7 Å².